The molecule has 2 nitrogen and oxygen atoms in total. The number of hydrogen-bond donors (Lipinski definition) is 2. The van der Waals surface area contributed by atoms with Crippen LogP contribution in [0.3, 0.4) is 0 Å². The van der Waals surface area contributed by atoms with E-state index in [0.29, 0.717) is 11.8 Å². The highest BCUT2D eigenvalue weighted by molar-refractivity contribution is 5.57. The standard InChI is InChI=1S/C15H21NO/c1-10(2)12-8-15(17,9-12)14-7-11-5-3-4-6-13(11)16-14/h3-6,10,12,14,16-17H,7-9H2,1-2H3. The van der Waals surface area contributed by atoms with E-state index in [1.54, 1.807) is 0 Å². The first-order valence-electron chi connectivity index (χ1n) is 6.65. The van der Waals surface area contributed by atoms with Crippen molar-refractivity contribution in [2.75, 3.05) is 5.32 Å². The van der Waals surface area contributed by atoms with Crippen LogP contribution in [0.25, 0.3) is 0 Å². The van der Waals surface area contributed by atoms with Gasteiger partial charge in [0, 0.05) is 5.69 Å². The second-order valence-corrected chi connectivity index (χ2v) is 6.07. The number of rotatable bonds is 2. The van der Waals surface area contributed by atoms with Crippen molar-refractivity contribution in [2.45, 2.75) is 44.8 Å². The molecule has 1 aromatic rings. The lowest BCUT2D eigenvalue weighted by Crippen LogP contribution is -2.56. The van der Waals surface area contributed by atoms with Crippen LogP contribution in [0.2, 0.25) is 0 Å². The van der Waals surface area contributed by atoms with Crippen LogP contribution in [0.5, 0.6) is 0 Å². The van der Waals surface area contributed by atoms with E-state index in [-0.39, 0.29) is 6.04 Å². The fraction of sp³-hybridized carbons (Fsp3) is 0.600. The maximum atomic E-state index is 10.6. The summed E-state index contributed by atoms with van der Waals surface area (Å²) in [6, 6.07) is 8.61. The number of para-hydroxylation sites is 1. The lowest BCUT2D eigenvalue weighted by molar-refractivity contribution is -0.0982. The smallest absolute Gasteiger partial charge is 0.0856 e. The van der Waals surface area contributed by atoms with Crippen molar-refractivity contribution in [1.82, 2.24) is 0 Å². The Bertz CT molecular complexity index is 396. The monoisotopic (exact) mass is 231 g/mol. The summed E-state index contributed by atoms with van der Waals surface area (Å²) in [6.45, 7) is 4.50. The first-order chi connectivity index (χ1) is 8.08. The number of anilines is 1. The number of fused-ring (bicyclic) bond motifs is 1. The van der Waals surface area contributed by atoms with Crippen molar-refractivity contribution in [1.29, 1.82) is 0 Å². The maximum absolute atomic E-state index is 10.6. The van der Waals surface area contributed by atoms with Crippen LogP contribution >= 0.6 is 0 Å². The largest absolute Gasteiger partial charge is 0.388 e. The van der Waals surface area contributed by atoms with E-state index in [4.69, 9.17) is 0 Å². The van der Waals surface area contributed by atoms with E-state index >= 15 is 0 Å². The third-order valence-corrected chi connectivity index (χ3v) is 4.59. The Kier molecular flexibility index (Phi) is 2.44. The molecule has 17 heavy (non-hydrogen) atoms. The lowest BCUT2D eigenvalue weighted by Gasteiger charge is -2.49. The highest BCUT2D eigenvalue weighted by atomic mass is 16.3. The van der Waals surface area contributed by atoms with Gasteiger partial charge >= 0.3 is 0 Å². The van der Waals surface area contributed by atoms with Crippen LogP contribution < -0.4 is 5.32 Å². The molecule has 1 heterocycles. The van der Waals surface area contributed by atoms with Gasteiger partial charge in [0.05, 0.1) is 11.6 Å². The molecule has 1 atom stereocenters. The van der Waals surface area contributed by atoms with Gasteiger partial charge in [-0.2, -0.15) is 0 Å². The minimum atomic E-state index is -0.478. The van der Waals surface area contributed by atoms with Crippen LogP contribution in [0.1, 0.15) is 32.3 Å². The molecule has 0 bridgehead atoms. The second-order valence-electron chi connectivity index (χ2n) is 6.07. The van der Waals surface area contributed by atoms with Gasteiger partial charge in [0.2, 0.25) is 0 Å². The number of hydrogen-bond acceptors (Lipinski definition) is 2. The maximum Gasteiger partial charge on any atom is 0.0856 e. The summed E-state index contributed by atoms with van der Waals surface area (Å²) in [5.41, 5.74) is 2.08. The fourth-order valence-corrected chi connectivity index (χ4v) is 3.23. The van der Waals surface area contributed by atoms with Crippen molar-refractivity contribution in [3.8, 4) is 0 Å². The first-order valence-corrected chi connectivity index (χ1v) is 6.65. The van der Waals surface area contributed by atoms with Crippen LogP contribution in [0, 0.1) is 11.8 Å². The zero-order valence-electron chi connectivity index (χ0n) is 10.6. The highest BCUT2D eigenvalue weighted by Gasteiger charge is 2.50. The Labute approximate surface area is 103 Å². The summed E-state index contributed by atoms with van der Waals surface area (Å²) in [5.74, 6) is 1.39. The molecule has 0 aromatic heterocycles. The molecule has 1 fully saturated rings. The summed E-state index contributed by atoms with van der Waals surface area (Å²) >= 11 is 0. The number of nitrogens with one attached hydrogen (secondary N) is 1. The Morgan fingerprint density at radius 1 is 1.29 bits per heavy atom. The fourth-order valence-electron chi connectivity index (χ4n) is 3.23. The van der Waals surface area contributed by atoms with Gasteiger partial charge in [-0.05, 0) is 42.7 Å². The second kappa shape index (κ2) is 3.74. The van der Waals surface area contributed by atoms with Gasteiger partial charge in [-0.25, -0.2) is 0 Å². The molecular weight excluding hydrogens is 210 g/mol. The predicted octanol–water partition coefficient (Wildman–Crippen LogP) is 2.82. The topological polar surface area (TPSA) is 32.3 Å². The third kappa shape index (κ3) is 1.75. The van der Waals surface area contributed by atoms with Gasteiger partial charge in [-0.15, -0.1) is 0 Å². The minimum Gasteiger partial charge on any atom is -0.388 e. The van der Waals surface area contributed by atoms with Crippen LogP contribution in [0.4, 0.5) is 5.69 Å². The quantitative estimate of drug-likeness (QED) is 0.820. The van der Waals surface area contributed by atoms with Crippen LogP contribution in [0.15, 0.2) is 24.3 Å². The first kappa shape index (κ1) is 11.1. The Balaban J connectivity index is 1.70. The van der Waals surface area contributed by atoms with Gasteiger partial charge in [0.1, 0.15) is 0 Å². The van der Waals surface area contributed by atoms with Crippen LogP contribution in [-0.4, -0.2) is 16.7 Å². The molecule has 1 aliphatic carbocycles. The Morgan fingerprint density at radius 3 is 2.65 bits per heavy atom. The summed E-state index contributed by atoms with van der Waals surface area (Å²) in [6.07, 6.45) is 2.88. The normalized spacial score (nSPS) is 35.3. The zero-order valence-corrected chi connectivity index (χ0v) is 10.6. The van der Waals surface area contributed by atoms with Gasteiger partial charge in [-0.1, -0.05) is 32.0 Å². The molecule has 0 spiro atoms. The van der Waals surface area contributed by atoms with E-state index in [1.807, 2.05) is 0 Å². The SMILES string of the molecule is CC(C)C1CC(O)(C2Cc3ccccc3N2)C1. The molecule has 1 aromatic carbocycles. The Morgan fingerprint density at radius 2 is 2.00 bits per heavy atom. The van der Waals surface area contributed by atoms with Crippen molar-refractivity contribution in [3.05, 3.63) is 29.8 Å². The van der Waals surface area contributed by atoms with E-state index in [1.165, 1.54) is 11.3 Å². The molecule has 92 valence electrons. The van der Waals surface area contributed by atoms with Gasteiger partial charge < -0.3 is 10.4 Å². The predicted molar refractivity (Wildman–Crippen MR) is 70.1 cm³/mol. The summed E-state index contributed by atoms with van der Waals surface area (Å²) in [4.78, 5) is 0. The van der Waals surface area contributed by atoms with Gasteiger partial charge in [0.25, 0.3) is 0 Å². The van der Waals surface area contributed by atoms with E-state index in [9.17, 15) is 5.11 Å². The Hall–Kier alpha value is -1.02. The molecule has 1 saturated carbocycles. The molecular formula is C15H21NO. The van der Waals surface area contributed by atoms with Crippen molar-refractivity contribution < 1.29 is 5.11 Å². The van der Waals surface area contributed by atoms with E-state index in [2.05, 4.69) is 43.4 Å². The molecule has 2 heteroatoms. The van der Waals surface area contributed by atoms with E-state index in [0.717, 1.165) is 19.3 Å². The average molecular weight is 231 g/mol. The van der Waals surface area contributed by atoms with Crippen molar-refractivity contribution >= 4 is 5.69 Å². The molecule has 2 N–H and O–H groups in total. The molecule has 3 rings (SSSR count). The minimum absolute atomic E-state index is 0.217. The molecule has 2 aliphatic rings. The number of benzene rings is 1. The summed E-state index contributed by atoms with van der Waals surface area (Å²) < 4.78 is 0. The van der Waals surface area contributed by atoms with Gasteiger partial charge in [-0.3, -0.25) is 0 Å². The lowest BCUT2D eigenvalue weighted by atomic mass is 9.63. The zero-order chi connectivity index (χ0) is 12.0. The number of aliphatic hydroxyl groups is 1. The molecule has 0 radical (unpaired) electrons. The van der Waals surface area contributed by atoms with Crippen molar-refractivity contribution in [3.63, 3.8) is 0 Å². The highest BCUT2D eigenvalue weighted by Crippen LogP contribution is 2.47. The molecule has 1 unspecified atom stereocenters. The molecule has 0 amide bonds. The summed E-state index contributed by atoms with van der Waals surface area (Å²) in [7, 11) is 0. The van der Waals surface area contributed by atoms with Crippen LogP contribution in [-0.2, 0) is 6.42 Å². The summed E-state index contributed by atoms with van der Waals surface area (Å²) in [5, 5.41) is 14.1. The average Bonchev–Trinajstić information content (AvgIpc) is 2.68. The van der Waals surface area contributed by atoms with E-state index < -0.39 is 5.60 Å². The molecule has 0 saturated heterocycles. The molecule has 1 aliphatic heterocycles. The third-order valence-electron chi connectivity index (χ3n) is 4.59. The van der Waals surface area contributed by atoms with Crippen molar-refractivity contribution in [2.24, 2.45) is 11.8 Å². The van der Waals surface area contributed by atoms with Gasteiger partial charge in [0.15, 0.2) is 0 Å².